The summed E-state index contributed by atoms with van der Waals surface area (Å²) in [4.78, 5) is 11.1. The molecule has 0 amide bonds. The molecule has 84 valence electrons. The summed E-state index contributed by atoms with van der Waals surface area (Å²) in [5, 5.41) is 12.7. The number of aliphatic hydroxyl groups excluding tert-OH is 1. The number of aromatic nitrogens is 2. The van der Waals surface area contributed by atoms with Crippen LogP contribution in [-0.4, -0.2) is 34.1 Å². The lowest BCUT2D eigenvalue weighted by Crippen LogP contribution is -2.12. The van der Waals surface area contributed by atoms with Crippen molar-refractivity contribution in [1.29, 1.82) is 0 Å². The summed E-state index contributed by atoms with van der Waals surface area (Å²) in [6.07, 6.45) is 0.280. The zero-order valence-electron chi connectivity index (χ0n) is 9.06. The molecule has 5 heteroatoms. The van der Waals surface area contributed by atoms with Gasteiger partial charge in [0.1, 0.15) is 6.61 Å². The van der Waals surface area contributed by atoms with Gasteiger partial charge < -0.3 is 9.84 Å². The number of hydrogen-bond acceptors (Lipinski definition) is 4. The van der Waals surface area contributed by atoms with E-state index in [-0.39, 0.29) is 25.6 Å². The summed E-state index contributed by atoms with van der Waals surface area (Å²) in [6.45, 7) is 4.30. The highest BCUT2D eigenvalue weighted by atomic mass is 16.5. The third-order valence-electron chi connectivity index (χ3n) is 1.99. The van der Waals surface area contributed by atoms with Crippen molar-refractivity contribution in [3.8, 4) is 0 Å². The van der Waals surface area contributed by atoms with Crippen LogP contribution in [0.15, 0.2) is 6.07 Å². The van der Waals surface area contributed by atoms with Gasteiger partial charge in [-0.2, -0.15) is 5.10 Å². The van der Waals surface area contributed by atoms with Gasteiger partial charge in [0.25, 0.3) is 0 Å². The molecule has 0 radical (unpaired) electrons. The maximum absolute atomic E-state index is 11.1. The van der Waals surface area contributed by atoms with E-state index in [9.17, 15) is 4.79 Å². The van der Waals surface area contributed by atoms with Crippen molar-refractivity contribution in [3.05, 3.63) is 17.5 Å². The molecule has 0 aliphatic rings. The lowest BCUT2D eigenvalue weighted by molar-refractivity contribution is -0.144. The van der Waals surface area contributed by atoms with E-state index in [0.717, 1.165) is 11.4 Å². The van der Waals surface area contributed by atoms with Crippen molar-refractivity contribution < 1.29 is 14.6 Å². The number of nitrogens with zero attached hydrogens (tertiary/aromatic N) is 2. The van der Waals surface area contributed by atoms with Crippen molar-refractivity contribution in [2.24, 2.45) is 0 Å². The van der Waals surface area contributed by atoms with Gasteiger partial charge in [0.15, 0.2) is 0 Å². The van der Waals surface area contributed by atoms with Crippen molar-refractivity contribution in [2.45, 2.75) is 26.8 Å². The number of rotatable bonds is 5. The second-order valence-corrected chi connectivity index (χ2v) is 3.34. The molecule has 0 saturated carbocycles. The summed E-state index contributed by atoms with van der Waals surface area (Å²) in [5.74, 6) is -0.309. The molecular formula is C10H16N2O3. The van der Waals surface area contributed by atoms with Gasteiger partial charge >= 0.3 is 5.97 Å². The monoisotopic (exact) mass is 212 g/mol. The van der Waals surface area contributed by atoms with Crippen LogP contribution in [0.3, 0.4) is 0 Å². The van der Waals surface area contributed by atoms with Crippen LogP contribution < -0.4 is 0 Å². The first kappa shape index (κ1) is 11.7. The third kappa shape index (κ3) is 3.71. The second kappa shape index (κ2) is 5.50. The highest BCUT2D eigenvalue weighted by Crippen LogP contribution is 2.03. The normalized spacial score (nSPS) is 10.3. The maximum Gasteiger partial charge on any atom is 0.307 e. The lowest BCUT2D eigenvalue weighted by atomic mass is 10.4. The average Bonchev–Trinajstić information content (AvgIpc) is 2.51. The van der Waals surface area contributed by atoms with Gasteiger partial charge in [-0.3, -0.25) is 9.48 Å². The van der Waals surface area contributed by atoms with E-state index >= 15 is 0 Å². The molecule has 0 unspecified atom stereocenters. The summed E-state index contributed by atoms with van der Waals surface area (Å²) in [6, 6.07) is 1.96. The first-order valence-corrected chi connectivity index (χ1v) is 4.91. The molecule has 1 aromatic heterocycles. The largest absolute Gasteiger partial charge is 0.463 e. The van der Waals surface area contributed by atoms with Gasteiger partial charge in [-0.15, -0.1) is 0 Å². The molecule has 15 heavy (non-hydrogen) atoms. The zero-order valence-corrected chi connectivity index (χ0v) is 9.06. The number of ether oxygens (including phenoxy) is 1. The summed E-state index contributed by atoms with van der Waals surface area (Å²) in [5.41, 5.74) is 1.97. The Labute approximate surface area is 88.7 Å². The molecule has 0 fully saturated rings. The van der Waals surface area contributed by atoms with Crippen molar-refractivity contribution in [3.63, 3.8) is 0 Å². The van der Waals surface area contributed by atoms with Crippen LogP contribution in [0.25, 0.3) is 0 Å². The summed E-state index contributed by atoms with van der Waals surface area (Å²) < 4.78 is 6.50. The van der Waals surface area contributed by atoms with Crippen molar-refractivity contribution in [2.75, 3.05) is 13.2 Å². The highest BCUT2D eigenvalue weighted by molar-refractivity contribution is 5.69. The van der Waals surface area contributed by atoms with E-state index in [1.54, 1.807) is 4.68 Å². The van der Waals surface area contributed by atoms with E-state index in [1.165, 1.54) is 0 Å². The SMILES string of the molecule is Cc1cc(C)n(CCC(=O)OCCO)n1. The molecule has 0 aromatic carbocycles. The number of carbonyl (C=O) groups is 1. The Balaban J connectivity index is 2.36. The van der Waals surface area contributed by atoms with E-state index in [0.29, 0.717) is 6.54 Å². The van der Waals surface area contributed by atoms with Gasteiger partial charge in [0, 0.05) is 5.69 Å². The Morgan fingerprint density at radius 2 is 2.33 bits per heavy atom. The van der Waals surface area contributed by atoms with Crippen molar-refractivity contribution >= 4 is 5.97 Å². The van der Waals surface area contributed by atoms with Crippen LogP contribution in [0, 0.1) is 13.8 Å². The highest BCUT2D eigenvalue weighted by Gasteiger charge is 2.05. The van der Waals surface area contributed by atoms with Crippen LogP contribution in [-0.2, 0) is 16.1 Å². The number of carbonyl (C=O) groups excluding carboxylic acids is 1. The number of aryl methyl sites for hydroxylation is 3. The van der Waals surface area contributed by atoms with E-state index in [1.807, 2.05) is 19.9 Å². The van der Waals surface area contributed by atoms with Gasteiger partial charge in [0.05, 0.1) is 25.3 Å². The molecule has 5 nitrogen and oxygen atoms in total. The van der Waals surface area contributed by atoms with E-state index in [2.05, 4.69) is 5.10 Å². The molecule has 0 saturated heterocycles. The Bertz CT molecular complexity index is 333. The lowest BCUT2D eigenvalue weighted by Gasteiger charge is -2.04. The Kier molecular flexibility index (Phi) is 4.30. The fourth-order valence-electron chi connectivity index (χ4n) is 1.33. The average molecular weight is 212 g/mol. The fraction of sp³-hybridized carbons (Fsp3) is 0.600. The van der Waals surface area contributed by atoms with E-state index < -0.39 is 0 Å². The predicted molar refractivity (Wildman–Crippen MR) is 54.4 cm³/mol. The minimum atomic E-state index is -0.309. The smallest absolute Gasteiger partial charge is 0.307 e. The molecule has 1 aromatic rings. The summed E-state index contributed by atoms with van der Waals surface area (Å²) in [7, 11) is 0. The van der Waals surface area contributed by atoms with E-state index in [4.69, 9.17) is 9.84 Å². The standard InChI is InChI=1S/C10H16N2O3/c1-8-7-9(2)12(11-8)4-3-10(14)15-6-5-13/h7,13H,3-6H2,1-2H3. The first-order chi connectivity index (χ1) is 7.13. The topological polar surface area (TPSA) is 64.3 Å². The van der Waals surface area contributed by atoms with Crippen LogP contribution in [0.2, 0.25) is 0 Å². The number of hydrogen-bond donors (Lipinski definition) is 1. The molecular weight excluding hydrogens is 196 g/mol. The maximum atomic E-state index is 11.1. The van der Waals surface area contributed by atoms with Gasteiger partial charge in [-0.05, 0) is 19.9 Å². The van der Waals surface area contributed by atoms with Crippen LogP contribution in [0.5, 0.6) is 0 Å². The number of aliphatic hydroxyl groups is 1. The molecule has 0 bridgehead atoms. The Hall–Kier alpha value is -1.36. The van der Waals surface area contributed by atoms with Gasteiger partial charge in [-0.1, -0.05) is 0 Å². The van der Waals surface area contributed by atoms with Gasteiger partial charge in [0.2, 0.25) is 0 Å². The molecule has 1 heterocycles. The quantitative estimate of drug-likeness (QED) is 0.719. The molecule has 0 spiro atoms. The molecule has 0 aliphatic carbocycles. The third-order valence-corrected chi connectivity index (χ3v) is 1.99. The van der Waals surface area contributed by atoms with Crippen LogP contribution in [0.1, 0.15) is 17.8 Å². The molecule has 1 N–H and O–H groups in total. The summed E-state index contributed by atoms with van der Waals surface area (Å²) >= 11 is 0. The first-order valence-electron chi connectivity index (χ1n) is 4.91. The zero-order chi connectivity index (χ0) is 11.3. The molecule has 0 aliphatic heterocycles. The molecule has 1 rings (SSSR count). The minimum Gasteiger partial charge on any atom is -0.463 e. The number of esters is 1. The Morgan fingerprint density at radius 3 is 2.87 bits per heavy atom. The fourth-order valence-corrected chi connectivity index (χ4v) is 1.33. The van der Waals surface area contributed by atoms with Crippen LogP contribution >= 0.6 is 0 Å². The Morgan fingerprint density at radius 1 is 1.60 bits per heavy atom. The second-order valence-electron chi connectivity index (χ2n) is 3.34. The predicted octanol–water partition coefficient (Wildman–Crippen LogP) is 0.426. The van der Waals surface area contributed by atoms with Crippen LogP contribution in [0.4, 0.5) is 0 Å². The molecule has 0 atom stereocenters. The van der Waals surface area contributed by atoms with Crippen molar-refractivity contribution in [1.82, 2.24) is 9.78 Å². The van der Waals surface area contributed by atoms with Gasteiger partial charge in [-0.25, -0.2) is 0 Å². The minimum absolute atomic E-state index is 0.0654.